The molecule has 2 unspecified atom stereocenters. The Bertz CT molecular complexity index is 914. The van der Waals surface area contributed by atoms with Crippen LogP contribution < -0.4 is 0 Å². The molecule has 2 atom stereocenters. The highest BCUT2D eigenvalue weighted by Gasteiger charge is 2.37. The first-order valence-corrected chi connectivity index (χ1v) is 13.7. The molecule has 1 aromatic heterocycles. The van der Waals surface area contributed by atoms with Crippen LogP contribution in [0.2, 0.25) is 0 Å². The lowest BCUT2D eigenvalue weighted by Crippen LogP contribution is -2.55. The third kappa shape index (κ3) is 4.47. The average Bonchev–Trinajstić information content (AvgIpc) is 3.49. The third-order valence-corrected chi connectivity index (χ3v) is 8.88. The number of hydrogen-bond acceptors (Lipinski definition) is 5. The molecule has 0 spiro atoms. The minimum absolute atomic E-state index is 0.0888. The molecule has 1 aromatic rings. The summed E-state index contributed by atoms with van der Waals surface area (Å²) < 4.78 is 17.7. The van der Waals surface area contributed by atoms with E-state index in [-0.39, 0.29) is 6.04 Å². The molecule has 4 heterocycles. The molecule has 6 rings (SSSR count). The van der Waals surface area contributed by atoms with Gasteiger partial charge in [0.25, 0.3) is 0 Å². The van der Waals surface area contributed by atoms with Gasteiger partial charge in [-0.1, -0.05) is 25.0 Å². The summed E-state index contributed by atoms with van der Waals surface area (Å²) in [5.41, 5.74) is 2.55. The zero-order valence-electron chi connectivity index (χ0n) is 20.8. The van der Waals surface area contributed by atoms with E-state index in [4.69, 9.17) is 4.98 Å². The van der Waals surface area contributed by atoms with Crippen LogP contribution in [-0.2, 0) is 0 Å². The molecule has 0 amide bonds. The Kier molecular flexibility index (Phi) is 6.52. The van der Waals surface area contributed by atoms with Gasteiger partial charge in [-0.05, 0) is 58.1 Å². The van der Waals surface area contributed by atoms with Crippen molar-refractivity contribution >= 4 is 5.82 Å². The zero-order chi connectivity index (χ0) is 23.1. The molecule has 2 aliphatic carbocycles. The molecule has 6 nitrogen and oxygen atoms in total. The van der Waals surface area contributed by atoms with Gasteiger partial charge < -0.3 is 0 Å². The quantitative estimate of drug-likeness (QED) is 0.652. The number of hydrogen-bond donors (Lipinski definition) is 0. The summed E-state index contributed by atoms with van der Waals surface area (Å²) in [7, 11) is 0. The molecule has 0 radical (unpaired) electrons. The van der Waals surface area contributed by atoms with Crippen LogP contribution in [0.15, 0.2) is 24.6 Å². The standard InChI is InChI=1S/C27H41FN6/c1-21-27(22-10-11-22)29-20-33(21)26-9-4-5-15-34(26)32-14-6-13-30(17-18-32)25-12-16-31(19-24(25)28)23-7-2-3-8-23/h4-5,9,20,22-25H,2-3,6-8,10-19H2,1H3. The van der Waals surface area contributed by atoms with Crippen LogP contribution in [0.5, 0.6) is 0 Å². The molecule has 34 heavy (non-hydrogen) atoms. The maximum absolute atomic E-state index is 15.4. The summed E-state index contributed by atoms with van der Waals surface area (Å²) >= 11 is 0. The van der Waals surface area contributed by atoms with Crippen LogP contribution in [0, 0.1) is 6.92 Å². The van der Waals surface area contributed by atoms with E-state index in [1.165, 1.54) is 55.7 Å². The number of allylic oxidation sites excluding steroid dienone is 2. The summed E-state index contributed by atoms with van der Waals surface area (Å²) in [4.78, 5) is 9.69. The van der Waals surface area contributed by atoms with Crippen molar-refractivity contribution in [2.24, 2.45) is 0 Å². The molecular formula is C27H41FN6. The van der Waals surface area contributed by atoms with Gasteiger partial charge in [0.15, 0.2) is 0 Å². The van der Waals surface area contributed by atoms with Crippen molar-refractivity contribution in [2.75, 3.05) is 45.8 Å². The normalized spacial score (nSPS) is 30.6. The van der Waals surface area contributed by atoms with E-state index in [0.717, 1.165) is 52.1 Å². The second kappa shape index (κ2) is 9.75. The third-order valence-electron chi connectivity index (χ3n) is 8.88. The number of piperidine rings is 1. The van der Waals surface area contributed by atoms with E-state index in [0.29, 0.717) is 18.5 Å². The summed E-state index contributed by atoms with van der Waals surface area (Å²) in [5, 5.41) is 4.91. The highest BCUT2D eigenvalue weighted by molar-refractivity contribution is 5.50. The first-order valence-electron chi connectivity index (χ1n) is 13.7. The van der Waals surface area contributed by atoms with Crippen molar-refractivity contribution in [1.82, 2.24) is 29.4 Å². The number of hydrazine groups is 1. The Hall–Kier alpha value is -1.70. The fourth-order valence-electron chi connectivity index (χ4n) is 6.80. The van der Waals surface area contributed by atoms with Crippen molar-refractivity contribution in [3.8, 4) is 0 Å². The summed E-state index contributed by atoms with van der Waals surface area (Å²) in [5.74, 6) is 1.86. The number of nitrogens with zero attached hydrogens (tertiary/aromatic N) is 6. The molecule has 3 aliphatic heterocycles. The maximum atomic E-state index is 15.4. The van der Waals surface area contributed by atoms with E-state index in [2.05, 4.69) is 49.5 Å². The van der Waals surface area contributed by atoms with Gasteiger partial charge in [0, 0.05) is 56.4 Å². The number of halogens is 1. The van der Waals surface area contributed by atoms with Crippen LogP contribution in [0.25, 0.3) is 5.82 Å². The Balaban J connectivity index is 1.10. The van der Waals surface area contributed by atoms with E-state index < -0.39 is 6.17 Å². The lowest BCUT2D eigenvalue weighted by molar-refractivity contribution is 0.0106. The summed E-state index contributed by atoms with van der Waals surface area (Å²) in [6, 6.07) is 0.731. The number of rotatable bonds is 5. The second-order valence-corrected chi connectivity index (χ2v) is 11.0. The molecule has 7 heteroatoms. The average molecular weight is 469 g/mol. The molecule has 0 bridgehead atoms. The lowest BCUT2D eigenvalue weighted by atomic mass is 9.99. The van der Waals surface area contributed by atoms with Crippen molar-refractivity contribution in [3.63, 3.8) is 0 Å². The molecule has 186 valence electrons. The first-order chi connectivity index (χ1) is 16.7. The SMILES string of the molecule is Cc1c(C2CC2)ncn1C1=CC=CCN1N1CCCN(C2CCN(C3CCCC3)CC2F)CC1. The molecular weight excluding hydrogens is 427 g/mol. The Morgan fingerprint density at radius 1 is 0.912 bits per heavy atom. The predicted octanol–water partition coefficient (Wildman–Crippen LogP) is 4.02. The molecule has 4 fully saturated rings. The highest BCUT2D eigenvalue weighted by atomic mass is 19.1. The smallest absolute Gasteiger partial charge is 0.129 e. The van der Waals surface area contributed by atoms with Crippen LogP contribution >= 0.6 is 0 Å². The van der Waals surface area contributed by atoms with Gasteiger partial charge in [-0.25, -0.2) is 14.4 Å². The van der Waals surface area contributed by atoms with E-state index in [1.807, 2.05) is 6.33 Å². The minimum Gasteiger partial charge on any atom is -0.297 e. The molecule has 0 N–H and O–H groups in total. The van der Waals surface area contributed by atoms with E-state index in [9.17, 15) is 0 Å². The minimum atomic E-state index is -0.719. The Morgan fingerprint density at radius 2 is 1.76 bits per heavy atom. The van der Waals surface area contributed by atoms with Crippen LogP contribution in [0.3, 0.4) is 0 Å². The van der Waals surface area contributed by atoms with E-state index in [1.54, 1.807) is 0 Å². The summed E-state index contributed by atoms with van der Waals surface area (Å²) in [6.45, 7) is 8.72. The maximum Gasteiger partial charge on any atom is 0.129 e. The fraction of sp³-hybridized carbons (Fsp3) is 0.741. The number of imidazole rings is 1. The van der Waals surface area contributed by atoms with Gasteiger partial charge >= 0.3 is 0 Å². The molecule has 2 saturated heterocycles. The van der Waals surface area contributed by atoms with Crippen LogP contribution in [0.4, 0.5) is 4.39 Å². The van der Waals surface area contributed by atoms with E-state index >= 15 is 4.39 Å². The topological polar surface area (TPSA) is 30.8 Å². The van der Waals surface area contributed by atoms with Crippen molar-refractivity contribution in [2.45, 2.75) is 82.5 Å². The van der Waals surface area contributed by atoms with Gasteiger partial charge in [0.1, 0.15) is 18.3 Å². The summed E-state index contributed by atoms with van der Waals surface area (Å²) in [6.07, 6.45) is 17.7. The van der Waals surface area contributed by atoms with Crippen LogP contribution in [0.1, 0.15) is 68.7 Å². The highest BCUT2D eigenvalue weighted by Crippen LogP contribution is 2.41. The number of aromatic nitrogens is 2. The van der Waals surface area contributed by atoms with Crippen LogP contribution in [-0.4, -0.2) is 93.4 Å². The van der Waals surface area contributed by atoms with Gasteiger partial charge in [0.2, 0.25) is 0 Å². The first kappa shape index (κ1) is 22.7. The van der Waals surface area contributed by atoms with Crippen molar-refractivity contribution in [1.29, 1.82) is 0 Å². The fourth-order valence-corrected chi connectivity index (χ4v) is 6.80. The largest absolute Gasteiger partial charge is 0.297 e. The van der Waals surface area contributed by atoms with Gasteiger partial charge in [-0.15, -0.1) is 0 Å². The van der Waals surface area contributed by atoms with Gasteiger partial charge in [0.05, 0.1) is 12.2 Å². The molecule has 5 aliphatic rings. The van der Waals surface area contributed by atoms with Gasteiger partial charge in [-0.3, -0.25) is 19.4 Å². The van der Waals surface area contributed by atoms with Crippen molar-refractivity contribution in [3.05, 3.63) is 35.9 Å². The second-order valence-electron chi connectivity index (χ2n) is 11.0. The monoisotopic (exact) mass is 468 g/mol. The Morgan fingerprint density at radius 3 is 2.56 bits per heavy atom. The number of alkyl halides is 1. The Labute approximate surface area is 204 Å². The lowest BCUT2D eigenvalue weighted by Gasteiger charge is -2.42. The molecule has 0 aromatic carbocycles. The van der Waals surface area contributed by atoms with Crippen molar-refractivity contribution < 1.29 is 4.39 Å². The predicted molar refractivity (Wildman–Crippen MR) is 134 cm³/mol. The molecule has 2 saturated carbocycles. The number of likely N-dealkylation sites (tertiary alicyclic amines) is 1. The van der Waals surface area contributed by atoms with Gasteiger partial charge in [-0.2, -0.15) is 0 Å². The zero-order valence-corrected chi connectivity index (χ0v) is 20.8.